The van der Waals surface area contributed by atoms with Gasteiger partial charge in [0, 0.05) is 13.1 Å². The van der Waals surface area contributed by atoms with Gasteiger partial charge < -0.3 is 10.0 Å². The zero-order chi connectivity index (χ0) is 17.3. The van der Waals surface area contributed by atoms with Crippen LogP contribution in [0.3, 0.4) is 0 Å². The molecule has 1 aromatic rings. The topological polar surface area (TPSA) is 43.8 Å². The van der Waals surface area contributed by atoms with E-state index in [1.807, 2.05) is 0 Å². The van der Waals surface area contributed by atoms with E-state index in [1.165, 1.54) is 18.9 Å². The lowest BCUT2D eigenvalue weighted by Crippen LogP contribution is -2.48. The van der Waals surface area contributed by atoms with E-state index in [0.717, 1.165) is 38.1 Å². The number of nitrogens with zero attached hydrogens (tertiary/aromatic N) is 2. The van der Waals surface area contributed by atoms with Crippen molar-refractivity contribution >= 4 is 5.91 Å². The van der Waals surface area contributed by atoms with Gasteiger partial charge in [-0.1, -0.05) is 6.07 Å². The molecule has 0 spiro atoms. The van der Waals surface area contributed by atoms with Crippen LogP contribution in [-0.4, -0.2) is 59.1 Å². The van der Waals surface area contributed by atoms with Gasteiger partial charge in [-0.3, -0.25) is 9.69 Å². The molecule has 24 heavy (non-hydrogen) atoms. The van der Waals surface area contributed by atoms with Crippen molar-refractivity contribution in [1.82, 2.24) is 9.80 Å². The molecule has 0 unspecified atom stereocenters. The fraction of sp³-hybridized carbons (Fsp3) is 0.611. The van der Waals surface area contributed by atoms with Crippen molar-refractivity contribution < 1.29 is 18.7 Å². The fourth-order valence-electron chi connectivity index (χ4n) is 3.97. The molecule has 6 heteroatoms. The first-order valence-electron chi connectivity index (χ1n) is 8.59. The molecule has 1 saturated carbocycles. The third-order valence-electron chi connectivity index (χ3n) is 5.39. The number of halogens is 2. The number of aliphatic hydroxyl groups is 1. The van der Waals surface area contributed by atoms with Crippen LogP contribution in [0.25, 0.3) is 0 Å². The predicted molar refractivity (Wildman–Crippen MR) is 86.5 cm³/mol. The first-order valence-corrected chi connectivity index (χ1v) is 8.59. The minimum atomic E-state index is -0.946. The van der Waals surface area contributed by atoms with Gasteiger partial charge in [0.15, 0.2) is 11.6 Å². The molecule has 1 aliphatic carbocycles. The Morgan fingerprint density at radius 1 is 1.25 bits per heavy atom. The highest BCUT2D eigenvalue weighted by Gasteiger charge is 2.41. The Kier molecular flexibility index (Phi) is 5.15. The average Bonchev–Trinajstić information content (AvgIpc) is 3.19. The molecule has 4 nitrogen and oxygen atoms in total. The van der Waals surface area contributed by atoms with Crippen molar-refractivity contribution in [3.05, 3.63) is 35.4 Å². The summed E-state index contributed by atoms with van der Waals surface area (Å²) in [6.45, 7) is 2.03. The van der Waals surface area contributed by atoms with Crippen LogP contribution < -0.4 is 0 Å². The van der Waals surface area contributed by atoms with Crippen LogP contribution in [0.5, 0.6) is 0 Å². The number of hydrogen-bond acceptors (Lipinski definition) is 3. The van der Waals surface area contributed by atoms with Gasteiger partial charge in [-0.05, 0) is 56.5 Å². The molecule has 3 rings (SSSR count). The van der Waals surface area contributed by atoms with E-state index < -0.39 is 17.7 Å². The van der Waals surface area contributed by atoms with E-state index in [-0.39, 0.29) is 24.4 Å². The summed E-state index contributed by atoms with van der Waals surface area (Å²) < 4.78 is 26.2. The quantitative estimate of drug-likeness (QED) is 0.913. The molecular weight excluding hydrogens is 314 g/mol. The second kappa shape index (κ2) is 7.15. The number of aliphatic hydroxyl groups excluding tert-OH is 1. The van der Waals surface area contributed by atoms with Crippen molar-refractivity contribution in [3.63, 3.8) is 0 Å². The second-order valence-corrected chi connectivity index (χ2v) is 6.88. The van der Waals surface area contributed by atoms with Crippen molar-refractivity contribution in [3.8, 4) is 0 Å². The standard InChI is InChI=1S/C18H24F2N2O2/c1-21(17(23)11-12-4-5-13(19)14(20)10-12)15-6-7-16(18(15)24)22-8-2-3-9-22/h4-5,10,15-16,18,24H,2-3,6-9,11H2,1H3/t15-,16-,18-/m1/s1. The Bertz CT molecular complexity index is 605. The molecule has 132 valence electrons. The number of carbonyl (C=O) groups excluding carboxylic acids is 1. The van der Waals surface area contributed by atoms with Crippen LogP contribution in [-0.2, 0) is 11.2 Å². The maximum Gasteiger partial charge on any atom is 0.227 e. The molecule has 3 atom stereocenters. The van der Waals surface area contributed by atoms with Gasteiger partial charge in [-0.25, -0.2) is 8.78 Å². The molecule has 2 fully saturated rings. The molecule has 2 aliphatic rings. The third kappa shape index (κ3) is 3.44. The van der Waals surface area contributed by atoms with Gasteiger partial charge in [0.1, 0.15) is 0 Å². The number of benzene rings is 1. The van der Waals surface area contributed by atoms with Crippen LogP contribution in [0, 0.1) is 11.6 Å². The summed E-state index contributed by atoms with van der Waals surface area (Å²) in [6.07, 6.45) is 3.43. The smallest absolute Gasteiger partial charge is 0.227 e. The summed E-state index contributed by atoms with van der Waals surface area (Å²) in [6, 6.07) is 3.41. The highest BCUT2D eigenvalue weighted by Crippen LogP contribution is 2.30. The summed E-state index contributed by atoms with van der Waals surface area (Å²) in [7, 11) is 1.68. The van der Waals surface area contributed by atoms with E-state index >= 15 is 0 Å². The van der Waals surface area contributed by atoms with Gasteiger partial charge in [0.25, 0.3) is 0 Å². The Balaban J connectivity index is 1.61. The molecule has 1 aliphatic heterocycles. The largest absolute Gasteiger partial charge is 0.389 e. The molecule has 1 amide bonds. The van der Waals surface area contributed by atoms with Gasteiger partial charge in [-0.2, -0.15) is 0 Å². The molecular formula is C18H24F2N2O2. The minimum absolute atomic E-state index is 0.00526. The van der Waals surface area contributed by atoms with Gasteiger partial charge in [0.05, 0.1) is 18.6 Å². The molecule has 0 radical (unpaired) electrons. The number of hydrogen-bond donors (Lipinski definition) is 1. The number of amides is 1. The maximum atomic E-state index is 13.3. The van der Waals surface area contributed by atoms with Gasteiger partial charge in [-0.15, -0.1) is 0 Å². The second-order valence-electron chi connectivity index (χ2n) is 6.88. The highest BCUT2D eigenvalue weighted by atomic mass is 19.2. The lowest BCUT2D eigenvalue weighted by molar-refractivity contribution is -0.133. The summed E-state index contributed by atoms with van der Waals surface area (Å²) >= 11 is 0. The Labute approximate surface area is 141 Å². The first-order chi connectivity index (χ1) is 11.5. The number of likely N-dealkylation sites (N-methyl/N-ethyl adjacent to an activating group) is 1. The van der Waals surface area contributed by atoms with Gasteiger partial charge in [0.2, 0.25) is 5.91 Å². The lowest BCUT2D eigenvalue weighted by atomic mass is 10.1. The van der Waals surface area contributed by atoms with Crippen LogP contribution in [0.1, 0.15) is 31.2 Å². The maximum absolute atomic E-state index is 13.3. The molecule has 1 heterocycles. The van der Waals surface area contributed by atoms with Gasteiger partial charge >= 0.3 is 0 Å². The van der Waals surface area contributed by atoms with Crippen LogP contribution in [0.4, 0.5) is 8.78 Å². The summed E-state index contributed by atoms with van der Waals surface area (Å²) in [4.78, 5) is 16.3. The summed E-state index contributed by atoms with van der Waals surface area (Å²) in [5.74, 6) is -2.05. The highest BCUT2D eigenvalue weighted by molar-refractivity contribution is 5.79. The van der Waals surface area contributed by atoms with Crippen LogP contribution in [0.15, 0.2) is 18.2 Å². The van der Waals surface area contributed by atoms with E-state index in [0.29, 0.717) is 5.56 Å². The SMILES string of the molecule is CN(C(=O)Cc1ccc(F)c(F)c1)[C@@H]1CC[C@@H](N2CCCC2)[C@@H]1O. The Morgan fingerprint density at radius 2 is 1.96 bits per heavy atom. The third-order valence-corrected chi connectivity index (χ3v) is 5.39. The van der Waals surface area contributed by atoms with Crippen molar-refractivity contribution in [2.24, 2.45) is 0 Å². The van der Waals surface area contributed by atoms with E-state index in [2.05, 4.69) is 4.90 Å². The number of likely N-dealkylation sites (tertiary alicyclic amines) is 1. The average molecular weight is 338 g/mol. The van der Waals surface area contributed by atoms with E-state index in [9.17, 15) is 18.7 Å². The Hall–Kier alpha value is -1.53. The normalized spacial score (nSPS) is 27.6. The zero-order valence-electron chi connectivity index (χ0n) is 13.9. The van der Waals surface area contributed by atoms with Crippen molar-refractivity contribution in [2.45, 2.75) is 50.3 Å². The summed E-state index contributed by atoms with van der Waals surface area (Å²) in [5, 5.41) is 10.6. The van der Waals surface area contributed by atoms with E-state index in [4.69, 9.17) is 0 Å². The number of carbonyl (C=O) groups is 1. The Morgan fingerprint density at radius 3 is 2.62 bits per heavy atom. The van der Waals surface area contributed by atoms with Crippen molar-refractivity contribution in [2.75, 3.05) is 20.1 Å². The molecule has 1 N–H and O–H groups in total. The summed E-state index contributed by atoms with van der Waals surface area (Å²) in [5.41, 5.74) is 0.439. The predicted octanol–water partition coefficient (Wildman–Crippen LogP) is 1.95. The molecule has 0 aromatic heterocycles. The fourth-order valence-corrected chi connectivity index (χ4v) is 3.97. The van der Waals surface area contributed by atoms with Crippen molar-refractivity contribution in [1.29, 1.82) is 0 Å². The zero-order valence-corrected chi connectivity index (χ0v) is 13.9. The molecule has 0 bridgehead atoms. The minimum Gasteiger partial charge on any atom is -0.389 e. The monoisotopic (exact) mass is 338 g/mol. The van der Waals surface area contributed by atoms with E-state index in [1.54, 1.807) is 11.9 Å². The number of rotatable bonds is 4. The van der Waals surface area contributed by atoms with Crippen LogP contribution in [0.2, 0.25) is 0 Å². The lowest BCUT2D eigenvalue weighted by Gasteiger charge is -2.32. The van der Waals surface area contributed by atoms with Crippen LogP contribution >= 0.6 is 0 Å². The molecule has 1 saturated heterocycles. The first kappa shape index (κ1) is 17.3. The molecule has 1 aromatic carbocycles.